The van der Waals surface area contributed by atoms with E-state index in [1.54, 1.807) is 42.5 Å². The van der Waals surface area contributed by atoms with Crippen molar-refractivity contribution in [2.45, 2.75) is 13.8 Å². The van der Waals surface area contributed by atoms with E-state index in [1.807, 2.05) is 0 Å². The maximum atomic E-state index is 12.4. The van der Waals surface area contributed by atoms with Gasteiger partial charge in [0, 0.05) is 21.0 Å². The summed E-state index contributed by atoms with van der Waals surface area (Å²) < 4.78 is 11.6. The van der Waals surface area contributed by atoms with Crippen LogP contribution in [0.4, 0.5) is 0 Å². The van der Waals surface area contributed by atoms with Gasteiger partial charge in [-0.2, -0.15) is 0 Å². The van der Waals surface area contributed by atoms with Crippen LogP contribution in [0.2, 0.25) is 10.0 Å². The molecule has 130 valence electrons. The van der Waals surface area contributed by atoms with Crippen molar-refractivity contribution in [1.82, 2.24) is 0 Å². The van der Waals surface area contributed by atoms with Crippen molar-refractivity contribution < 1.29 is 14.3 Å². The molecular formula is C20H18Cl2O3. The summed E-state index contributed by atoms with van der Waals surface area (Å²) in [6, 6.07) is 10.4. The molecule has 2 aromatic carbocycles. The van der Waals surface area contributed by atoms with Crippen LogP contribution < -0.4 is 9.47 Å². The monoisotopic (exact) mass is 376 g/mol. The fourth-order valence-corrected chi connectivity index (χ4v) is 2.85. The van der Waals surface area contributed by atoms with Crippen LogP contribution in [0.25, 0.3) is 6.08 Å². The molecule has 0 fully saturated rings. The third-order valence-electron chi connectivity index (χ3n) is 3.84. The number of carbonyl (C=O) groups is 1. The largest absolute Gasteiger partial charge is 0.489 e. The Morgan fingerprint density at radius 1 is 1.04 bits per heavy atom. The zero-order valence-electron chi connectivity index (χ0n) is 14.0. The Bertz CT molecular complexity index is 841. The van der Waals surface area contributed by atoms with Gasteiger partial charge in [0.25, 0.3) is 0 Å². The molecule has 5 heteroatoms. The van der Waals surface area contributed by atoms with Crippen LogP contribution in [-0.4, -0.2) is 19.0 Å². The topological polar surface area (TPSA) is 35.5 Å². The number of benzene rings is 2. The Labute approximate surface area is 157 Å². The zero-order valence-corrected chi connectivity index (χ0v) is 15.5. The normalized spacial score (nSPS) is 15.8. The number of halogens is 2. The summed E-state index contributed by atoms with van der Waals surface area (Å²) in [5, 5.41) is 1.05. The number of allylic oxidation sites excluding steroid dienone is 1. The lowest BCUT2D eigenvalue weighted by Gasteiger charge is -2.19. The van der Waals surface area contributed by atoms with Crippen molar-refractivity contribution in [2.24, 2.45) is 5.41 Å². The Hall–Kier alpha value is -1.97. The van der Waals surface area contributed by atoms with Gasteiger partial charge in [0.15, 0.2) is 17.3 Å². The van der Waals surface area contributed by atoms with Crippen LogP contribution in [0.1, 0.15) is 29.8 Å². The van der Waals surface area contributed by atoms with E-state index in [4.69, 9.17) is 32.7 Å². The fraction of sp³-hybridized carbons (Fsp3) is 0.250. The molecule has 0 radical (unpaired) electrons. The lowest BCUT2D eigenvalue weighted by atomic mass is 9.97. The maximum absolute atomic E-state index is 12.4. The number of carbonyl (C=O) groups excluding carboxylic acids is 1. The highest BCUT2D eigenvalue weighted by molar-refractivity contribution is 6.35. The van der Waals surface area contributed by atoms with Crippen molar-refractivity contribution in [3.05, 3.63) is 63.6 Å². The molecule has 1 aliphatic rings. The van der Waals surface area contributed by atoms with Crippen molar-refractivity contribution in [1.29, 1.82) is 0 Å². The van der Waals surface area contributed by atoms with E-state index in [0.29, 0.717) is 40.3 Å². The van der Waals surface area contributed by atoms with Gasteiger partial charge in [-0.05, 0) is 48.0 Å². The minimum Gasteiger partial charge on any atom is -0.489 e. The Balaban J connectivity index is 1.79. The van der Waals surface area contributed by atoms with Gasteiger partial charge < -0.3 is 9.47 Å². The first-order chi connectivity index (χ1) is 11.8. The summed E-state index contributed by atoms with van der Waals surface area (Å²) in [6.07, 6.45) is 3.16. The molecule has 0 aromatic heterocycles. The standard InChI is InChI=1S/C20H18Cl2O3/c1-20(2)11-24-18-8-5-14(9-19(18)25-12-20)17(23)7-4-13-3-6-15(21)10-16(13)22/h3-10H,11-12H2,1-2H3/b7-4+. The maximum Gasteiger partial charge on any atom is 0.185 e. The van der Waals surface area contributed by atoms with Crippen LogP contribution in [0.15, 0.2) is 42.5 Å². The highest BCUT2D eigenvalue weighted by atomic mass is 35.5. The first-order valence-corrected chi connectivity index (χ1v) is 8.67. The molecule has 0 bridgehead atoms. The average molecular weight is 377 g/mol. The molecule has 0 atom stereocenters. The van der Waals surface area contributed by atoms with Gasteiger partial charge in [0.2, 0.25) is 0 Å². The van der Waals surface area contributed by atoms with E-state index in [-0.39, 0.29) is 11.2 Å². The van der Waals surface area contributed by atoms with Crippen molar-refractivity contribution >= 4 is 35.1 Å². The lowest BCUT2D eigenvalue weighted by Crippen LogP contribution is -2.26. The van der Waals surface area contributed by atoms with E-state index >= 15 is 0 Å². The van der Waals surface area contributed by atoms with E-state index in [2.05, 4.69) is 13.8 Å². The predicted octanol–water partition coefficient (Wildman–Crippen LogP) is 5.69. The van der Waals surface area contributed by atoms with Gasteiger partial charge in [-0.1, -0.05) is 43.1 Å². The number of ether oxygens (including phenoxy) is 2. The summed E-state index contributed by atoms with van der Waals surface area (Å²) in [6.45, 7) is 5.25. The third kappa shape index (κ3) is 4.36. The molecule has 0 aliphatic carbocycles. The SMILES string of the molecule is CC1(C)COc2ccc(C(=O)/C=C/c3ccc(Cl)cc3Cl)cc2OC1. The number of fused-ring (bicyclic) bond motifs is 1. The van der Waals surface area contributed by atoms with Gasteiger partial charge in [-0.25, -0.2) is 0 Å². The molecule has 3 rings (SSSR count). The molecule has 0 saturated carbocycles. The fourth-order valence-electron chi connectivity index (χ4n) is 2.38. The van der Waals surface area contributed by atoms with Gasteiger partial charge in [-0.3, -0.25) is 4.79 Å². The average Bonchev–Trinajstić information content (AvgIpc) is 2.72. The van der Waals surface area contributed by atoms with E-state index < -0.39 is 0 Å². The molecule has 0 unspecified atom stereocenters. The van der Waals surface area contributed by atoms with E-state index in [1.165, 1.54) is 6.08 Å². The second-order valence-electron chi connectivity index (χ2n) is 6.77. The van der Waals surface area contributed by atoms with Gasteiger partial charge in [0.1, 0.15) is 0 Å². The first-order valence-electron chi connectivity index (χ1n) is 7.91. The quantitative estimate of drug-likeness (QED) is 0.509. The Morgan fingerprint density at radius 3 is 2.48 bits per heavy atom. The molecule has 25 heavy (non-hydrogen) atoms. The predicted molar refractivity (Wildman–Crippen MR) is 101 cm³/mol. The van der Waals surface area contributed by atoms with Crippen molar-refractivity contribution in [3.63, 3.8) is 0 Å². The summed E-state index contributed by atoms with van der Waals surface area (Å²) >= 11 is 12.0. The second kappa shape index (κ2) is 7.11. The van der Waals surface area contributed by atoms with Gasteiger partial charge >= 0.3 is 0 Å². The minimum absolute atomic E-state index is 0.0750. The molecule has 0 saturated heterocycles. The van der Waals surface area contributed by atoms with Crippen LogP contribution in [0, 0.1) is 5.41 Å². The van der Waals surface area contributed by atoms with Crippen LogP contribution in [0.5, 0.6) is 11.5 Å². The zero-order chi connectivity index (χ0) is 18.0. The van der Waals surface area contributed by atoms with Crippen LogP contribution in [0.3, 0.4) is 0 Å². The Morgan fingerprint density at radius 2 is 1.76 bits per heavy atom. The van der Waals surface area contributed by atoms with Gasteiger partial charge in [-0.15, -0.1) is 0 Å². The highest BCUT2D eigenvalue weighted by Gasteiger charge is 2.25. The minimum atomic E-state index is -0.138. The first kappa shape index (κ1) is 17.8. The summed E-state index contributed by atoms with van der Waals surface area (Å²) in [4.78, 5) is 12.4. The molecule has 0 amide bonds. The second-order valence-corrected chi connectivity index (χ2v) is 7.61. The number of ketones is 1. The molecule has 0 N–H and O–H groups in total. The molecule has 0 spiro atoms. The lowest BCUT2D eigenvalue weighted by molar-refractivity contribution is 0.104. The number of hydrogen-bond donors (Lipinski definition) is 0. The summed E-state index contributed by atoms with van der Waals surface area (Å²) in [5.41, 5.74) is 1.19. The molecule has 1 aliphatic heterocycles. The van der Waals surface area contributed by atoms with Crippen molar-refractivity contribution in [3.8, 4) is 11.5 Å². The van der Waals surface area contributed by atoms with E-state index in [9.17, 15) is 4.79 Å². The smallest absolute Gasteiger partial charge is 0.185 e. The molecule has 1 heterocycles. The van der Waals surface area contributed by atoms with Crippen LogP contribution in [-0.2, 0) is 0 Å². The molecule has 3 nitrogen and oxygen atoms in total. The van der Waals surface area contributed by atoms with Crippen molar-refractivity contribution in [2.75, 3.05) is 13.2 Å². The molecular weight excluding hydrogens is 359 g/mol. The Kier molecular flexibility index (Phi) is 5.07. The summed E-state index contributed by atoms with van der Waals surface area (Å²) in [7, 11) is 0. The number of rotatable bonds is 3. The highest BCUT2D eigenvalue weighted by Crippen LogP contribution is 2.34. The summed E-state index contributed by atoms with van der Waals surface area (Å²) in [5.74, 6) is 1.11. The molecule has 2 aromatic rings. The number of hydrogen-bond acceptors (Lipinski definition) is 3. The van der Waals surface area contributed by atoms with E-state index in [0.717, 1.165) is 5.56 Å². The van der Waals surface area contributed by atoms with Gasteiger partial charge in [0.05, 0.1) is 13.2 Å². The third-order valence-corrected chi connectivity index (χ3v) is 4.40. The van der Waals surface area contributed by atoms with Crippen LogP contribution >= 0.6 is 23.2 Å².